The molecule has 92 valence electrons. The molecular weight excluding hydrogens is 297 g/mol. The van der Waals surface area contributed by atoms with Crippen molar-refractivity contribution in [3.63, 3.8) is 0 Å². The van der Waals surface area contributed by atoms with Crippen molar-refractivity contribution < 1.29 is 5.11 Å². The lowest BCUT2D eigenvalue weighted by Gasteiger charge is -2.43. The van der Waals surface area contributed by atoms with Gasteiger partial charge in [-0.25, -0.2) is 0 Å². The van der Waals surface area contributed by atoms with Crippen LogP contribution < -0.4 is 0 Å². The summed E-state index contributed by atoms with van der Waals surface area (Å²) < 4.78 is 3.32. The van der Waals surface area contributed by atoms with Crippen LogP contribution in [0.4, 0.5) is 0 Å². The Labute approximate surface area is 113 Å². The number of piperidine rings is 1. The molecule has 1 aliphatic carbocycles. The van der Waals surface area contributed by atoms with Gasteiger partial charge in [0, 0.05) is 29.4 Å². The Morgan fingerprint density at radius 1 is 1.29 bits per heavy atom. The van der Waals surface area contributed by atoms with E-state index in [1.54, 1.807) is 0 Å². The average molecular weight is 314 g/mol. The van der Waals surface area contributed by atoms with E-state index < -0.39 is 5.60 Å². The molecule has 3 atom stereocenters. The zero-order valence-electron chi connectivity index (χ0n) is 9.64. The first kappa shape index (κ1) is 12.1. The number of fused-ring (bicyclic) bond motifs is 2. The molecule has 0 radical (unpaired) electrons. The first-order chi connectivity index (χ1) is 8.10. The summed E-state index contributed by atoms with van der Waals surface area (Å²) in [5.41, 5.74) is 0.467. The largest absolute Gasteiger partial charge is 0.384 e. The SMILES string of the molecule is OC1(c2cccc(Br)c2)C2CCC1CN(P)C2. The van der Waals surface area contributed by atoms with Crippen molar-refractivity contribution in [1.29, 1.82) is 0 Å². The number of aliphatic hydroxyl groups is 1. The Bertz CT molecular complexity index is 425. The Balaban J connectivity index is 2.02. The number of hydrogen-bond donors (Lipinski definition) is 1. The summed E-state index contributed by atoms with van der Waals surface area (Å²) in [5, 5.41) is 11.1. The molecule has 2 fully saturated rings. The molecule has 1 heterocycles. The van der Waals surface area contributed by atoms with Crippen molar-refractivity contribution in [3.8, 4) is 0 Å². The van der Waals surface area contributed by atoms with Gasteiger partial charge in [0.15, 0.2) is 0 Å². The fourth-order valence-corrected chi connectivity index (χ4v) is 4.39. The lowest BCUT2D eigenvalue weighted by molar-refractivity contribution is -0.0730. The molecule has 1 aliphatic heterocycles. The maximum Gasteiger partial charge on any atom is 0.0977 e. The molecule has 1 aromatic carbocycles. The quantitative estimate of drug-likeness (QED) is 0.806. The van der Waals surface area contributed by atoms with Crippen molar-refractivity contribution >= 4 is 25.3 Å². The van der Waals surface area contributed by atoms with Gasteiger partial charge in [0.1, 0.15) is 0 Å². The Kier molecular flexibility index (Phi) is 3.07. The minimum absolute atomic E-state index is 0.369. The van der Waals surface area contributed by atoms with E-state index in [2.05, 4.69) is 42.1 Å². The lowest BCUT2D eigenvalue weighted by atomic mass is 9.76. The van der Waals surface area contributed by atoms with Crippen LogP contribution in [-0.4, -0.2) is 22.9 Å². The first-order valence-electron chi connectivity index (χ1n) is 6.08. The van der Waals surface area contributed by atoms with E-state index in [-0.39, 0.29) is 0 Å². The van der Waals surface area contributed by atoms with Crippen LogP contribution in [0.25, 0.3) is 0 Å². The summed E-state index contributed by atoms with van der Waals surface area (Å²) in [6, 6.07) is 8.17. The third-order valence-electron chi connectivity index (χ3n) is 4.31. The van der Waals surface area contributed by atoms with Crippen molar-refractivity contribution in [2.45, 2.75) is 18.4 Å². The van der Waals surface area contributed by atoms with Crippen molar-refractivity contribution in [1.82, 2.24) is 4.67 Å². The normalized spacial score (nSPS) is 37.4. The van der Waals surface area contributed by atoms with Crippen LogP contribution in [0.2, 0.25) is 0 Å². The van der Waals surface area contributed by atoms with Crippen LogP contribution in [0, 0.1) is 11.8 Å². The van der Waals surface area contributed by atoms with Gasteiger partial charge < -0.3 is 5.11 Å². The summed E-state index contributed by atoms with van der Waals surface area (Å²) in [6.07, 6.45) is 2.27. The Hall–Kier alpha value is 0.0500. The molecule has 3 rings (SSSR count). The van der Waals surface area contributed by atoms with Gasteiger partial charge in [-0.15, -0.1) is 0 Å². The van der Waals surface area contributed by atoms with Crippen LogP contribution in [-0.2, 0) is 5.60 Å². The second-order valence-corrected chi connectivity index (χ2v) is 6.91. The minimum atomic E-state index is -0.614. The predicted molar refractivity (Wildman–Crippen MR) is 75.5 cm³/mol. The van der Waals surface area contributed by atoms with E-state index in [9.17, 15) is 5.11 Å². The van der Waals surface area contributed by atoms with Gasteiger partial charge in [0.2, 0.25) is 0 Å². The van der Waals surface area contributed by atoms with Gasteiger partial charge in [0.05, 0.1) is 5.60 Å². The molecule has 2 aliphatic rings. The van der Waals surface area contributed by atoms with Crippen LogP contribution in [0.3, 0.4) is 0 Å². The summed E-state index contributed by atoms with van der Waals surface area (Å²) in [6.45, 7) is 1.95. The highest BCUT2D eigenvalue weighted by Gasteiger charge is 2.53. The van der Waals surface area contributed by atoms with Crippen LogP contribution in [0.5, 0.6) is 0 Å². The first-order valence-corrected chi connectivity index (χ1v) is 7.39. The van der Waals surface area contributed by atoms with Gasteiger partial charge in [-0.05, 0) is 30.5 Å². The molecular formula is C13H17BrNOP. The van der Waals surface area contributed by atoms with E-state index in [0.717, 1.165) is 36.0 Å². The van der Waals surface area contributed by atoms with E-state index in [1.807, 2.05) is 12.1 Å². The summed E-state index contributed by atoms with van der Waals surface area (Å²) in [7, 11) is 2.78. The molecule has 0 amide bonds. The number of nitrogens with zero attached hydrogens (tertiary/aromatic N) is 1. The maximum absolute atomic E-state index is 11.1. The monoisotopic (exact) mass is 313 g/mol. The van der Waals surface area contributed by atoms with Gasteiger partial charge in [-0.1, -0.05) is 37.5 Å². The second kappa shape index (κ2) is 4.31. The zero-order chi connectivity index (χ0) is 12.0. The number of benzene rings is 1. The van der Waals surface area contributed by atoms with Gasteiger partial charge in [-0.2, -0.15) is 0 Å². The molecule has 17 heavy (non-hydrogen) atoms. The Morgan fingerprint density at radius 3 is 2.53 bits per heavy atom. The number of hydrogen-bond acceptors (Lipinski definition) is 2. The number of rotatable bonds is 1. The molecule has 0 spiro atoms. The Morgan fingerprint density at radius 2 is 1.94 bits per heavy atom. The van der Waals surface area contributed by atoms with Crippen molar-refractivity contribution in [2.24, 2.45) is 11.8 Å². The lowest BCUT2D eigenvalue weighted by Crippen LogP contribution is -2.48. The summed E-state index contributed by atoms with van der Waals surface area (Å²) in [5.74, 6) is 0.737. The van der Waals surface area contributed by atoms with Gasteiger partial charge in [0.25, 0.3) is 0 Å². The molecule has 1 N–H and O–H groups in total. The molecule has 0 aromatic heterocycles. The highest BCUT2D eigenvalue weighted by molar-refractivity contribution is 9.10. The smallest absolute Gasteiger partial charge is 0.0977 e. The molecule has 3 unspecified atom stereocenters. The molecule has 4 heteroatoms. The molecule has 2 nitrogen and oxygen atoms in total. The van der Waals surface area contributed by atoms with E-state index >= 15 is 0 Å². The fraction of sp³-hybridized carbons (Fsp3) is 0.538. The highest BCUT2D eigenvalue weighted by Crippen LogP contribution is 2.51. The zero-order valence-corrected chi connectivity index (χ0v) is 12.4. The molecule has 1 saturated heterocycles. The van der Waals surface area contributed by atoms with Crippen molar-refractivity contribution in [3.05, 3.63) is 34.3 Å². The van der Waals surface area contributed by atoms with Gasteiger partial charge in [-0.3, -0.25) is 4.67 Å². The van der Waals surface area contributed by atoms with E-state index in [1.165, 1.54) is 0 Å². The predicted octanol–water partition coefficient (Wildman–Crippen LogP) is 2.77. The van der Waals surface area contributed by atoms with Gasteiger partial charge >= 0.3 is 0 Å². The molecule has 2 bridgehead atoms. The summed E-state index contributed by atoms with van der Waals surface area (Å²) in [4.78, 5) is 0. The van der Waals surface area contributed by atoms with E-state index in [4.69, 9.17) is 0 Å². The number of halogens is 1. The minimum Gasteiger partial charge on any atom is -0.384 e. The molecule has 1 saturated carbocycles. The second-order valence-electron chi connectivity index (χ2n) is 5.26. The van der Waals surface area contributed by atoms with Crippen LogP contribution in [0.1, 0.15) is 18.4 Å². The fourth-order valence-electron chi connectivity index (χ4n) is 3.49. The summed E-state index contributed by atoms with van der Waals surface area (Å²) >= 11 is 3.50. The van der Waals surface area contributed by atoms with Crippen LogP contribution >= 0.6 is 25.3 Å². The standard InChI is InChI=1S/C13H17BrNOP/c14-12-3-1-2-9(6-12)13(16)10-4-5-11(13)8-15(17)7-10/h1-3,6,10-11,16H,4-5,7-8,17H2. The topological polar surface area (TPSA) is 23.5 Å². The van der Waals surface area contributed by atoms with E-state index in [0.29, 0.717) is 11.8 Å². The maximum atomic E-state index is 11.1. The molecule has 1 aromatic rings. The average Bonchev–Trinajstić information content (AvgIpc) is 2.50. The third kappa shape index (κ3) is 1.88. The highest BCUT2D eigenvalue weighted by atomic mass is 79.9. The van der Waals surface area contributed by atoms with Crippen molar-refractivity contribution in [2.75, 3.05) is 13.1 Å². The van der Waals surface area contributed by atoms with Crippen LogP contribution in [0.15, 0.2) is 28.7 Å². The third-order valence-corrected chi connectivity index (χ3v) is 5.22.